The lowest BCUT2D eigenvalue weighted by molar-refractivity contribution is 0.0679. The number of carbonyl (C=O) groups excluding carboxylic acids is 3. The van der Waals surface area contributed by atoms with Gasteiger partial charge in [0.25, 0.3) is 17.7 Å². The average molecular weight is 286 g/mol. The summed E-state index contributed by atoms with van der Waals surface area (Å²) in [6.07, 6.45) is 2.16. The average Bonchev–Trinajstić information content (AvgIpc) is 2.71. The summed E-state index contributed by atoms with van der Waals surface area (Å²) in [5, 5.41) is 0. The lowest BCUT2D eigenvalue weighted by Crippen LogP contribution is -2.39. The molecule has 5 nitrogen and oxygen atoms in total. The molecule has 2 aliphatic heterocycles. The minimum atomic E-state index is -0.336. The predicted molar refractivity (Wildman–Crippen MR) is 77.2 cm³/mol. The van der Waals surface area contributed by atoms with Crippen molar-refractivity contribution in [2.45, 2.75) is 19.8 Å². The van der Waals surface area contributed by atoms with E-state index in [-0.39, 0.29) is 17.7 Å². The fraction of sp³-hybridized carbons (Fsp3) is 0.438. The fourth-order valence-electron chi connectivity index (χ4n) is 3.05. The third-order valence-electron chi connectivity index (χ3n) is 4.28. The van der Waals surface area contributed by atoms with Crippen LogP contribution in [0.25, 0.3) is 0 Å². The van der Waals surface area contributed by atoms with Crippen molar-refractivity contribution in [1.82, 2.24) is 9.80 Å². The predicted octanol–water partition coefficient (Wildman–Crippen LogP) is 1.78. The summed E-state index contributed by atoms with van der Waals surface area (Å²) in [4.78, 5) is 39.3. The Morgan fingerprint density at radius 1 is 1.19 bits per heavy atom. The van der Waals surface area contributed by atoms with Gasteiger partial charge in [-0.2, -0.15) is 0 Å². The van der Waals surface area contributed by atoms with Gasteiger partial charge in [0.1, 0.15) is 0 Å². The van der Waals surface area contributed by atoms with Crippen molar-refractivity contribution in [3.8, 4) is 0 Å². The van der Waals surface area contributed by atoms with E-state index in [1.54, 1.807) is 18.2 Å². The number of imide groups is 1. The van der Waals surface area contributed by atoms with Crippen LogP contribution in [0.5, 0.6) is 0 Å². The van der Waals surface area contributed by atoms with E-state index < -0.39 is 0 Å². The van der Waals surface area contributed by atoms with Crippen LogP contribution in [-0.4, -0.2) is 47.7 Å². The molecule has 1 atom stereocenters. The molecule has 2 heterocycles. The van der Waals surface area contributed by atoms with Crippen molar-refractivity contribution in [3.63, 3.8) is 0 Å². The van der Waals surface area contributed by atoms with Crippen molar-refractivity contribution in [2.24, 2.45) is 5.92 Å². The third kappa shape index (κ3) is 2.22. The summed E-state index contributed by atoms with van der Waals surface area (Å²) in [5.74, 6) is -0.192. The number of hydrogen-bond donors (Lipinski definition) is 0. The maximum absolute atomic E-state index is 12.5. The zero-order chi connectivity index (χ0) is 15.1. The Morgan fingerprint density at radius 3 is 2.62 bits per heavy atom. The molecule has 0 saturated carbocycles. The molecule has 110 valence electrons. The van der Waals surface area contributed by atoms with Crippen LogP contribution in [0, 0.1) is 5.92 Å². The molecule has 0 bridgehead atoms. The van der Waals surface area contributed by atoms with Crippen LogP contribution in [-0.2, 0) is 0 Å². The van der Waals surface area contributed by atoms with E-state index in [0.29, 0.717) is 22.6 Å². The second-order valence-electron chi connectivity index (χ2n) is 5.93. The normalized spacial score (nSPS) is 21.7. The van der Waals surface area contributed by atoms with E-state index in [9.17, 15) is 14.4 Å². The molecule has 0 spiro atoms. The maximum Gasteiger partial charge on any atom is 0.261 e. The van der Waals surface area contributed by atoms with Crippen molar-refractivity contribution >= 4 is 17.7 Å². The Labute approximate surface area is 123 Å². The van der Waals surface area contributed by atoms with Crippen LogP contribution in [0.15, 0.2) is 18.2 Å². The van der Waals surface area contributed by atoms with Crippen LogP contribution in [0.2, 0.25) is 0 Å². The number of rotatable bonds is 1. The Morgan fingerprint density at radius 2 is 1.90 bits per heavy atom. The van der Waals surface area contributed by atoms with Gasteiger partial charge in [0.05, 0.1) is 11.1 Å². The highest BCUT2D eigenvalue weighted by Crippen LogP contribution is 2.24. The largest absolute Gasteiger partial charge is 0.338 e. The van der Waals surface area contributed by atoms with E-state index in [0.717, 1.165) is 30.8 Å². The maximum atomic E-state index is 12.5. The number of piperidine rings is 1. The first-order valence-corrected chi connectivity index (χ1v) is 7.24. The lowest BCUT2D eigenvalue weighted by atomic mass is 9.98. The Kier molecular flexibility index (Phi) is 3.27. The first-order valence-electron chi connectivity index (χ1n) is 7.24. The summed E-state index contributed by atoms with van der Waals surface area (Å²) >= 11 is 0. The summed E-state index contributed by atoms with van der Waals surface area (Å²) < 4.78 is 0. The lowest BCUT2D eigenvalue weighted by Gasteiger charge is -2.31. The van der Waals surface area contributed by atoms with Gasteiger partial charge in [-0.3, -0.25) is 19.3 Å². The van der Waals surface area contributed by atoms with Gasteiger partial charge in [0, 0.05) is 25.7 Å². The number of amides is 3. The smallest absolute Gasteiger partial charge is 0.261 e. The van der Waals surface area contributed by atoms with Gasteiger partial charge in [0.15, 0.2) is 0 Å². The molecule has 0 aromatic heterocycles. The first-order chi connectivity index (χ1) is 9.99. The zero-order valence-corrected chi connectivity index (χ0v) is 12.3. The summed E-state index contributed by atoms with van der Waals surface area (Å²) in [7, 11) is 1.46. The summed E-state index contributed by atoms with van der Waals surface area (Å²) in [6, 6.07) is 4.78. The molecule has 1 aromatic rings. The van der Waals surface area contributed by atoms with Gasteiger partial charge in [0.2, 0.25) is 0 Å². The Hall–Kier alpha value is -2.17. The minimum Gasteiger partial charge on any atom is -0.338 e. The van der Waals surface area contributed by atoms with Gasteiger partial charge >= 0.3 is 0 Å². The van der Waals surface area contributed by atoms with Crippen LogP contribution in [0.4, 0.5) is 0 Å². The van der Waals surface area contributed by atoms with E-state index in [2.05, 4.69) is 6.92 Å². The SMILES string of the molecule is CC1CCCN(C(=O)c2ccc3c(c2)C(=O)N(C)C3=O)C1. The molecular formula is C16H18N2O3. The quantitative estimate of drug-likeness (QED) is 0.739. The van der Waals surface area contributed by atoms with Crippen LogP contribution in [0.1, 0.15) is 50.8 Å². The van der Waals surface area contributed by atoms with Crippen LogP contribution < -0.4 is 0 Å². The van der Waals surface area contributed by atoms with Gasteiger partial charge in [-0.05, 0) is 37.0 Å². The summed E-state index contributed by atoms with van der Waals surface area (Å²) in [6.45, 7) is 3.65. The standard InChI is InChI=1S/C16H18N2O3/c1-10-4-3-7-18(9-10)14(19)11-5-6-12-13(8-11)16(21)17(2)15(12)20/h5-6,8,10H,3-4,7,9H2,1-2H3. The molecule has 2 aliphatic rings. The summed E-state index contributed by atoms with van der Waals surface area (Å²) in [5.41, 5.74) is 1.20. The zero-order valence-electron chi connectivity index (χ0n) is 12.3. The van der Waals surface area contributed by atoms with Crippen LogP contribution >= 0.6 is 0 Å². The number of hydrogen-bond acceptors (Lipinski definition) is 3. The highest BCUT2D eigenvalue weighted by atomic mass is 16.2. The topological polar surface area (TPSA) is 57.7 Å². The van der Waals surface area contributed by atoms with Gasteiger partial charge in [-0.15, -0.1) is 0 Å². The Balaban J connectivity index is 1.89. The molecular weight excluding hydrogens is 268 g/mol. The molecule has 3 amide bonds. The first kappa shape index (κ1) is 13.8. The van der Waals surface area contributed by atoms with Crippen molar-refractivity contribution in [2.75, 3.05) is 20.1 Å². The third-order valence-corrected chi connectivity index (χ3v) is 4.28. The van der Waals surface area contributed by atoms with Gasteiger partial charge in [-0.25, -0.2) is 0 Å². The highest BCUT2D eigenvalue weighted by Gasteiger charge is 2.33. The number of benzene rings is 1. The Bertz CT molecular complexity index is 638. The number of carbonyl (C=O) groups is 3. The van der Waals surface area contributed by atoms with Crippen LogP contribution in [0.3, 0.4) is 0 Å². The second kappa shape index (κ2) is 4.98. The molecule has 1 unspecified atom stereocenters. The molecule has 1 aromatic carbocycles. The van der Waals surface area contributed by atoms with Crippen molar-refractivity contribution < 1.29 is 14.4 Å². The van der Waals surface area contributed by atoms with Crippen molar-refractivity contribution in [3.05, 3.63) is 34.9 Å². The molecule has 3 rings (SSSR count). The molecule has 0 radical (unpaired) electrons. The number of fused-ring (bicyclic) bond motifs is 1. The molecule has 21 heavy (non-hydrogen) atoms. The molecule has 0 N–H and O–H groups in total. The second-order valence-corrected chi connectivity index (χ2v) is 5.93. The van der Waals surface area contributed by atoms with E-state index >= 15 is 0 Å². The highest BCUT2D eigenvalue weighted by molar-refractivity contribution is 6.21. The van der Waals surface area contributed by atoms with Crippen molar-refractivity contribution in [1.29, 1.82) is 0 Å². The number of nitrogens with zero attached hydrogens (tertiary/aromatic N) is 2. The van der Waals surface area contributed by atoms with Gasteiger partial charge < -0.3 is 4.90 Å². The van der Waals surface area contributed by atoms with E-state index in [4.69, 9.17) is 0 Å². The fourth-order valence-corrected chi connectivity index (χ4v) is 3.05. The van der Waals surface area contributed by atoms with E-state index in [1.165, 1.54) is 7.05 Å². The molecule has 0 aliphatic carbocycles. The van der Waals surface area contributed by atoms with Gasteiger partial charge in [-0.1, -0.05) is 6.92 Å². The minimum absolute atomic E-state index is 0.0563. The molecule has 1 fully saturated rings. The monoisotopic (exact) mass is 286 g/mol. The van der Waals surface area contributed by atoms with E-state index in [1.807, 2.05) is 4.90 Å². The number of likely N-dealkylation sites (tertiary alicyclic amines) is 1. The molecule has 5 heteroatoms. The molecule has 1 saturated heterocycles.